The summed E-state index contributed by atoms with van der Waals surface area (Å²) in [5.41, 5.74) is 27.6. The lowest BCUT2D eigenvalue weighted by molar-refractivity contribution is 0.655. The van der Waals surface area contributed by atoms with Gasteiger partial charge in [-0.15, -0.1) is 0 Å². The molecule has 3 aliphatic rings. The summed E-state index contributed by atoms with van der Waals surface area (Å²) in [5, 5.41) is 4.82. The highest BCUT2D eigenvalue weighted by molar-refractivity contribution is 6.14. The number of rotatable bonds is 7. The Morgan fingerprint density at radius 2 is 0.973 bits per heavy atom. The maximum atomic E-state index is 7.10. The van der Waals surface area contributed by atoms with Crippen LogP contribution in [0.1, 0.15) is 69.8 Å². The number of benzene rings is 11. The lowest BCUT2D eigenvalue weighted by Crippen LogP contribution is -2.26. The van der Waals surface area contributed by atoms with Crippen LogP contribution in [0.3, 0.4) is 0 Å². The third-order valence-electron chi connectivity index (χ3n) is 17.7. The van der Waals surface area contributed by atoms with Gasteiger partial charge in [0.25, 0.3) is 0 Å². The second kappa shape index (κ2) is 15.8. The maximum Gasteiger partial charge on any atom is 0.143 e. The minimum absolute atomic E-state index is 0.0937. The molecule has 0 fully saturated rings. The van der Waals surface area contributed by atoms with Crippen molar-refractivity contribution >= 4 is 43.7 Å². The Morgan fingerprint density at radius 1 is 0.400 bits per heavy atom. The van der Waals surface area contributed by atoms with E-state index < -0.39 is 5.41 Å². The Bertz CT molecular complexity index is 4460. The van der Waals surface area contributed by atoms with Gasteiger partial charge in [-0.25, -0.2) is 0 Å². The average Bonchev–Trinajstić information content (AvgIpc) is 4.26. The van der Waals surface area contributed by atoms with Crippen molar-refractivity contribution in [3.63, 3.8) is 0 Å². The zero-order valence-electron chi connectivity index (χ0n) is 41.9. The third kappa shape index (κ3) is 5.85. The third-order valence-corrected chi connectivity index (χ3v) is 17.7. The molecule has 0 saturated heterocycles. The van der Waals surface area contributed by atoms with Crippen LogP contribution >= 0.6 is 0 Å². The molecule has 0 bridgehead atoms. The molecule has 0 amide bonds. The molecule has 1 atom stereocenters. The quantitative estimate of drug-likeness (QED) is 0.156. The Hall–Kier alpha value is -8.98. The summed E-state index contributed by atoms with van der Waals surface area (Å²) in [5.74, 6) is 0.119. The first-order chi connectivity index (χ1) is 37.0. The molecule has 1 unspecified atom stereocenters. The number of fused-ring (bicyclic) bond motifs is 19. The highest BCUT2D eigenvalue weighted by atomic mass is 16.3. The molecule has 0 N–H and O–H groups in total. The van der Waals surface area contributed by atoms with Crippen molar-refractivity contribution in [3.8, 4) is 50.2 Å². The maximum absolute atomic E-state index is 7.10. The van der Waals surface area contributed by atoms with Gasteiger partial charge in [-0.05, 0) is 144 Å². The van der Waals surface area contributed by atoms with Crippen LogP contribution in [0.25, 0.3) is 93.9 Å². The second-order valence-electron chi connectivity index (χ2n) is 21.8. The fraction of sp³-hybridized carbons (Fsp3) is 0.0959. The Labute approximate surface area is 436 Å². The molecule has 354 valence electrons. The van der Waals surface area contributed by atoms with E-state index in [0.29, 0.717) is 0 Å². The van der Waals surface area contributed by atoms with Crippen molar-refractivity contribution in [1.29, 1.82) is 0 Å². The first kappa shape index (κ1) is 42.5. The number of para-hydroxylation sites is 3. The summed E-state index contributed by atoms with van der Waals surface area (Å²) in [4.78, 5) is 0. The number of hydrogen-bond acceptors (Lipinski definition) is 1. The first-order valence-electron chi connectivity index (χ1n) is 26.6. The van der Waals surface area contributed by atoms with Gasteiger partial charge < -0.3 is 8.98 Å². The summed E-state index contributed by atoms with van der Waals surface area (Å²) in [7, 11) is 0. The minimum atomic E-state index is -0.430. The van der Waals surface area contributed by atoms with E-state index in [-0.39, 0.29) is 11.3 Å². The fourth-order valence-electron chi connectivity index (χ4n) is 14.5. The van der Waals surface area contributed by atoms with Gasteiger partial charge in [-0.3, -0.25) is 0 Å². The SMILES string of the molecule is CC1(C)c2ccccc2-c2c(CC(Cc3ccc(-c4ccc5c(c4)c4ccccc4n5-c4ccccc4)c4oc5ccccc5c34)c3ccc4c(c3)C3(c5ccccc5-c5ccccc53)c3ccccc3-4)cccc21. The number of hydrogen-bond donors (Lipinski definition) is 0. The van der Waals surface area contributed by atoms with E-state index in [2.05, 4.69) is 261 Å². The van der Waals surface area contributed by atoms with E-state index in [4.69, 9.17) is 4.42 Å². The minimum Gasteiger partial charge on any atom is -0.455 e. The smallest absolute Gasteiger partial charge is 0.143 e. The molecule has 0 aliphatic heterocycles. The predicted octanol–water partition coefficient (Wildman–Crippen LogP) is 18.6. The Kier molecular flexibility index (Phi) is 8.94. The molecule has 3 aliphatic carbocycles. The highest BCUT2D eigenvalue weighted by Gasteiger charge is 2.51. The topological polar surface area (TPSA) is 18.1 Å². The van der Waals surface area contributed by atoms with Crippen LogP contribution in [0.15, 0.2) is 247 Å². The van der Waals surface area contributed by atoms with E-state index in [0.717, 1.165) is 46.2 Å². The second-order valence-corrected chi connectivity index (χ2v) is 21.8. The summed E-state index contributed by atoms with van der Waals surface area (Å²) < 4.78 is 9.49. The molecular weight excluding hydrogens is 907 g/mol. The molecular formula is C73H51NO. The monoisotopic (exact) mass is 957 g/mol. The lowest BCUT2D eigenvalue weighted by atomic mass is 9.70. The van der Waals surface area contributed by atoms with E-state index in [1.807, 2.05) is 0 Å². The Morgan fingerprint density at radius 3 is 1.72 bits per heavy atom. The van der Waals surface area contributed by atoms with Gasteiger partial charge in [-0.2, -0.15) is 0 Å². The Balaban J connectivity index is 0.903. The fourth-order valence-corrected chi connectivity index (χ4v) is 14.5. The van der Waals surface area contributed by atoms with Gasteiger partial charge in [0.1, 0.15) is 11.2 Å². The molecule has 11 aromatic carbocycles. The van der Waals surface area contributed by atoms with Gasteiger partial charge in [0, 0.05) is 38.2 Å². The molecule has 2 aromatic heterocycles. The van der Waals surface area contributed by atoms with Crippen LogP contribution in [0.5, 0.6) is 0 Å². The lowest BCUT2D eigenvalue weighted by Gasteiger charge is -2.31. The molecule has 1 spiro atoms. The predicted molar refractivity (Wildman–Crippen MR) is 310 cm³/mol. The first-order valence-corrected chi connectivity index (χ1v) is 26.6. The van der Waals surface area contributed by atoms with Crippen molar-refractivity contribution < 1.29 is 4.42 Å². The molecule has 0 saturated carbocycles. The van der Waals surface area contributed by atoms with Gasteiger partial charge >= 0.3 is 0 Å². The standard InChI is InChI=1S/C73H51NO/c1-72(2)60-28-12-9-26-57(60)69-47(19-18-32-64(69)72)41-49(45-35-39-55-54-24-8-15-31-63(54)73(65(55)44-45)61-29-13-6-22-52(61)53-23-7-14-30-62(53)73)42-48-36-38-51(71-70(48)58-27-11-17-34-68(58)75-71)46-37-40-67-59(43-46)56-25-10-16-33-66(56)74(67)50-20-4-3-5-21-50/h3-40,43-44,49H,41-42H2,1-2H3. The van der Waals surface area contributed by atoms with Crippen molar-refractivity contribution in [2.75, 3.05) is 0 Å². The van der Waals surface area contributed by atoms with Crippen LogP contribution < -0.4 is 0 Å². The number of nitrogens with zero attached hydrogens (tertiary/aromatic N) is 1. The van der Waals surface area contributed by atoms with Gasteiger partial charge in [0.15, 0.2) is 0 Å². The zero-order valence-corrected chi connectivity index (χ0v) is 41.9. The van der Waals surface area contributed by atoms with Crippen molar-refractivity contribution in [1.82, 2.24) is 4.57 Å². The summed E-state index contributed by atoms with van der Waals surface area (Å²) >= 11 is 0. The van der Waals surface area contributed by atoms with E-state index in [1.165, 1.54) is 111 Å². The molecule has 2 nitrogen and oxygen atoms in total. The van der Waals surface area contributed by atoms with Crippen molar-refractivity contribution in [3.05, 3.63) is 293 Å². The molecule has 2 heteroatoms. The van der Waals surface area contributed by atoms with Crippen LogP contribution in [0.4, 0.5) is 0 Å². The van der Waals surface area contributed by atoms with Crippen molar-refractivity contribution in [2.45, 2.75) is 43.4 Å². The molecule has 75 heavy (non-hydrogen) atoms. The normalized spacial score (nSPS) is 14.5. The van der Waals surface area contributed by atoms with Crippen LogP contribution in [-0.4, -0.2) is 4.57 Å². The van der Waals surface area contributed by atoms with Crippen LogP contribution in [-0.2, 0) is 23.7 Å². The average molecular weight is 958 g/mol. The van der Waals surface area contributed by atoms with Gasteiger partial charge in [-0.1, -0.05) is 220 Å². The zero-order chi connectivity index (χ0) is 49.6. The van der Waals surface area contributed by atoms with E-state index in [1.54, 1.807) is 0 Å². The van der Waals surface area contributed by atoms with Crippen LogP contribution in [0.2, 0.25) is 0 Å². The largest absolute Gasteiger partial charge is 0.455 e. The number of aromatic nitrogens is 1. The summed E-state index contributed by atoms with van der Waals surface area (Å²) in [6, 6.07) is 91.2. The molecule has 2 heterocycles. The number of furan rings is 1. The van der Waals surface area contributed by atoms with Gasteiger partial charge in [0.2, 0.25) is 0 Å². The van der Waals surface area contributed by atoms with E-state index in [9.17, 15) is 0 Å². The molecule has 13 aromatic rings. The van der Waals surface area contributed by atoms with Gasteiger partial charge in [0.05, 0.1) is 16.4 Å². The molecule has 0 radical (unpaired) electrons. The summed E-state index contributed by atoms with van der Waals surface area (Å²) in [6.07, 6.45) is 1.70. The highest BCUT2D eigenvalue weighted by Crippen LogP contribution is 2.63. The molecule has 16 rings (SSSR count). The van der Waals surface area contributed by atoms with Crippen LogP contribution in [0, 0.1) is 0 Å². The van der Waals surface area contributed by atoms with Crippen molar-refractivity contribution in [2.24, 2.45) is 0 Å². The van der Waals surface area contributed by atoms with E-state index >= 15 is 0 Å². The summed E-state index contributed by atoms with van der Waals surface area (Å²) in [6.45, 7) is 4.80.